The van der Waals surface area contributed by atoms with Crippen LogP contribution in [-0.4, -0.2) is 13.1 Å². The van der Waals surface area contributed by atoms with Gasteiger partial charge in [-0.25, -0.2) is 0 Å². The molecule has 0 fully saturated rings. The van der Waals surface area contributed by atoms with Gasteiger partial charge < -0.3 is 11.1 Å². The zero-order valence-corrected chi connectivity index (χ0v) is 10.3. The van der Waals surface area contributed by atoms with Crippen molar-refractivity contribution >= 4 is 21.6 Å². The van der Waals surface area contributed by atoms with Crippen molar-refractivity contribution in [2.75, 3.05) is 18.4 Å². The molecule has 2 nitrogen and oxygen atoms in total. The Hall–Kier alpha value is -0.540. The molecule has 78 valence electrons. The predicted octanol–water partition coefficient (Wildman–Crippen LogP) is 2.76. The summed E-state index contributed by atoms with van der Waals surface area (Å²) < 4.78 is 1.15. The monoisotopic (exact) mass is 256 g/mol. The van der Waals surface area contributed by atoms with E-state index >= 15 is 0 Å². The number of aryl methyl sites for hydroxylation is 1. The van der Waals surface area contributed by atoms with Crippen molar-refractivity contribution in [1.82, 2.24) is 0 Å². The van der Waals surface area contributed by atoms with E-state index in [2.05, 4.69) is 53.3 Å². The summed E-state index contributed by atoms with van der Waals surface area (Å²) in [5.74, 6) is 0.513. The van der Waals surface area contributed by atoms with Gasteiger partial charge >= 0.3 is 0 Å². The third kappa shape index (κ3) is 3.31. The standard InChI is InChI=1S/C11H17BrN2/c1-8(6-13)7-14-10-3-4-11(12)9(2)5-10/h3-5,8,14H,6-7,13H2,1-2H3. The van der Waals surface area contributed by atoms with Gasteiger partial charge in [-0.2, -0.15) is 0 Å². The van der Waals surface area contributed by atoms with Gasteiger partial charge in [0.1, 0.15) is 0 Å². The van der Waals surface area contributed by atoms with Crippen LogP contribution in [0.3, 0.4) is 0 Å². The summed E-state index contributed by atoms with van der Waals surface area (Å²) in [5, 5.41) is 3.36. The highest BCUT2D eigenvalue weighted by molar-refractivity contribution is 9.10. The van der Waals surface area contributed by atoms with E-state index in [1.165, 1.54) is 5.56 Å². The molecule has 0 aliphatic heterocycles. The van der Waals surface area contributed by atoms with Crippen LogP contribution in [0, 0.1) is 12.8 Å². The smallest absolute Gasteiger partial charge is 0.0343 e. The van der Waals surface area contributed by atoms with Crippen LogP contribution in [0.25, 0.3) is 0 Å². The van der Waals surface area contributed by atoms with Gasteiger partial charge in [-0.05, 0) is 43.1 Å². The lowest BCUT2D eigenvalue weighted by Gasteiger charge is -2.12. The maximum atomic E-state index is 5.54. The van der Waals surface area contributed by atoms with Crippen molar-refractivity contribution in [1.29, 1.82) is 0 Å². The van der Waals surface area contributed by atoms with Crippen LogP contribution < -0.4 is 11.1 Å². The SMILES string of the molecule is Cc1cc(NCC(C)CN)ccc1Br. The summed E-state index contributed by atoms with van der Waals surface area (Å²) in [5.41, 5.74) is 7.95. The van der Waals surface area contributed by atoms with Crippen LogP contribution in [0.2, 0.25) is 0 Å². The summed E-state index contributed by atoms with van der Waals surface area (Å²) in [6.07, 6.45) is 0. The van der Waals surface area contributed by atoms with Crippen molar-refractivity contribution < 1.29 is 0 Å². The Kier molecular flexibility index (Phi) is 4.42. The summed E-state index contributed by atoms with van der Waals surface area (Å²) in [7, 11) is 0. The van der Waals surface area contributed by atoms with E-state index in [0.29, 0.717) is 5.92 Å². The highest BCUT2D eigenvalue weighted by Gasteiger charge is 2.00. The van der Waals surface area contributed by atoms with Crippen LogP contribution >= 0.6 is 15.9 Å². The van der Waals surface area contributed by atoms with Crippen molar-refractivity contribution in [3.8, 4) is 0 Å². The van der Waals surface area contributed by atoms with E-state index in [4.69, 9.17) is 5.73 Å². The molecule has 3 heteroatoms. The van der Waals surface area contributed by atoms with Crippen molar-refractivity contribution in [2.24, 2.45) is 11.7 Å². The van der Waals surface area contributed by atoms with Crippen molar-refractivity contribution in [3.05, 3.63) is 28.2 Å². The second-order valence-corrected chi connectivity index (χ2v) is 4.54. The Morgan fingerprint density at radius 1 is 1.50 bits per heavy atom. The fourth-order valence-corrected chi connectivity index (χ4v) is 1.38. The number of halogens is 1. The molecule has 0 amide bonds. The molecule has 0 spiro atoms. The third-order valence-corrected chi connectivity index (χ3v) is 3.10. The average Bonchev–Trinajstić information content (AvgIpc) is 2.19. The van der Waals surface area contributed by atoms with Crippen molar-refractivity contribution in [2.45, 2.75) is 13.8 Å². The molecule has 0 saturated heterocycles. The molecule has 1 rings (SSSR count). The highest BCUT2D eigenvalue weighted by Crippen LogP contribution is 2.19. The number of anilines is 1. The fourth-order valence-electron chi connectivity index (χ4n) is 1.13. The molecule has 0 aliphatic rings. The van der Waals surface area contributed by atoms with Crippen LogP contribution in [-0.2, 0) is 0 Å². The van der Waals surface area contributed by atoms with E-state index < -0.39 is 0 Å². The van der Waals surface area contributed by atoms with Gasteiger partial charge in [-0.15, -0.1) is 0 Å². The molecule has 3 N–H and O–H groups in total. The van der Waals surface area contributed by atoms with Gasteiger partial charge in [0.15, 0.2) is 0 Å². The minimum Gasteiger partial charge on any atom is -0.385 e. The molecule has 0 saturated carbocycles. The summed E-state index contributed by atoms with van der Waals surface area (Å²) >= 11 is 3.48. The molecule has 1 aromatic rings. The second kappa shape index (κ2) is 5.37. The minimum atomic E-state index is 0.513. The van der Waals surface area contributed by atoms with Gasteiger partial charge in [0.2, 0.25) is 0 Å². The Morgan fingerprint density at radius 2 is 2.21 bits per heavy atom. The summed E-state index contributed by atoms with van der Waals surface area (Å²) in [4.78, 5) is 0. The third-order valence-electron chi connectivity index (χ3n) is 2.21. The zero-order valence-electron chi connectivity index (χ0n) is 8.68. The van der Waals surface area contributed by atoms with Gasteiger partial charge in [0, 0.05) is 16.7 Å². The minimum absolute atomic E-state index is 0.513. The van der Waals surface area contributed by atoms with E-state index in [-0.39, 0.29) is 0 Å². The topological polar surface area (TPSA) is 38.0 Å². The molecular formula is C11H17BrN2. The lowest BCUT2D eigenvalue weighted by atomic mass is 10.1. The quantitative estimate of drug-likeness (QED) is 0.870. The number of rotatable bonds is 4. The number of nitrogens with one attached hydrogen (secondary N) is 1. The first kappa shape index (κ1) is 11.5. The van der Waals surface area contributed by atoms with Crippen LogP contribution in [0.5, 0.6) is 0 Å². The molecular weight excluding hydrogens is 240 g/mol. The molecule has 0 heterocycles. The molecule has 0 aliphatic carbocycles. The van der Waals surface area contributed by atoms with E-state index in [0.717, 1.165) is 23.2 Å². The Labute approximate surface area is 94.0 Å². The lowest BCUT2D eigenvalue weighted by molar-refractivity contribution is 0.628. The maximum absolute atomic E-state index is 5.54. The molecule has 14 heavy (non-hydrogen) atoms. The lowest BCUT2D eigenvalue weighted by Crippen LogP contribution is -2.19. The summed E-state index contributed by atoms with van der Waals surface area (Å²) in [6, 6.07) is 6.26. The van der Waals surface area contributed by atoms with E-state index in [1.54, 1.807) is 0 Å². The van der Waals surface area contributed by atoms with Gasteiger partial charge in [-0.1, -0.05) is 22.9 Å². The summed E-state index contributed by atoms with van der Waals surface area (Å²) in [6.45, 7) is 5.88. The Bertz CT molecular complexity index is 299. The highest BCUT2D eigenvalue weighted by atomic mass is 79.9. The molecule has 1 aromatic carbocycles. The van der Waals surface area contributed by atoms with Gasteiger partial charge in [0.05, 0.1) is 0 Å². The van der Waals surface area contributed by atoms with E-state index in [1.807, 2.05) is 0 Å². The molecule has 1 atom stereocenters. The molecule has 0 bridgehead atoms. The van der Waals surface area contributed by atoms with Crippen molar-refractivity contribution in [3.63, 3.8) is 0 Å². The number of nitrogens with two attached hydrogens (primary N) is 1. The maximum Gasteiger partial charge on any atom is 0.0343 e. The van der Waals surface area contributed by atoms with Crippen LogP contribution in [0.4, 0.5) is 5.69 Å². The second-order valence-electron chi connectivity index (χ2n) is 3.69. The Balaban J connectivity index is 2.55. The average molecular weight is 257 g/mol. The number of hydrogen-bond acceptors (Lipinski definition) is 2. The first-order valence-corrected chi connectivity index (χ1v) is 5.63. The van der Waals surface area contributed by atoms with Gasteiger partial charge in [0.25, 0.3) is 0 Å². The Morgan fingerprint density at radius 3 is 2.79 bits per heavy atom. The van der Waals surface area contributed by atoms with Gasteiger partial charge in [-0.3, -0.25) is 0 Å². The first-order valence-electron chi connectivity index (χ1n) is 4.83. The number of hydrogen-bond donors (Lipinski definition) is 2. The fraction of sp³-hybridized carbons (Fsp3) is 0.455. The zero-order chi connectivity index (χ0) is 10.6. The normalized spacial score (nSPS) is 12.6. The number of benzene rings is 1. The largest absolute Gasteiger partial charge is 0.385 e. The molecule has 0 aromatic heterocycles. The molecule has 1 unspecified atom stereocenters. The molecule has 0 radical (unpaired) electrons. The first-order chi connectivity index (χ1) is 6.63. The van der Waals surface area contributed by atoms with E-state index in [9.17, 15) is 0 Å². The predicted molar refractivity (Wildman–Crippen MR) is 65.6 cm³/mol. The van der Waals surface area contributed by atoms with Crippen LogP contribution in [0.15, 0.2) is 22.7 Å². The van der Waals surface area contributed by atoms with Crippen LogP contribution in [0.1, 0.15) is 12.5 Å².